The highest BCUT2D eigenvalue weighted by Crippen LogP contribution is 2.29. The van der Waals surface area contributed by atoms with Crippen LogP contribution >= 0.6 is 0 Å². The molecule has 1 aliphatic rings. The van der Waals surface area contributed by atoms with Gasteiger partial charge in [-0.05, 0) is 39.5 Å². The molecule has 1 saturated carbocycles. The van der Waals surface area contributed by atoms with Gasteiger partial charge in [-0.1, -0.05) is 31.3 Å². The van der Waals surface area contributed by atoms with Crippen LogP contribution in [0.15, 0.2) is 4.52 Å². The van der Waals surface area contributed by atoms with E-state index < -0.39 is 0 Å². The summed E-state index contributed by atoms with van der Waals surface area (Å²) in [5.74, 6) is 1.86. The molecule has 2 rings (SSSR count). The molecule has 3 heteroatoms. The Kier molecular flexibility index (Phi) is 4.44. The SMILES string of the molecule is CCC1CCCC(NC(C)c2c(C)noc2C)C1. The normalized spacial score (nSPS) is 26.2. The zero-order chi connectivity index (χ0) is 13.1. The summed E-state index contributed by atoms with van der Waals surface area (Å²) in [5.41, 5.74) is 2.27. The van der Waals surface area contributed by atoms with Gasteiger partial charge in [-0.25, -0.2) is 0 Å². The molecule has 0 saturated heterocycles. The van der Waals surface area contributed by atoms with Crippen LogP contribution in [0.1, 0.15) is 69.0 Å². The fourth-order valence-corrected chi connectivity index (χ4v) is 3.36. The molecule has 0 aliphatic heterocycles. The minimum atomic E-state index is 0.344. The van der Waals surface area contributed by atoms with Crippen molar-refractivity contribution in [1.82, 2.24) is 10.5 Å². The fourth-order valence-electron chi connectivity index (χ4n) is 3.36. The van der Waals surface area contributed by atoms with E-state index >= 15 is 0 Å². The molecule has 1 aromatic heterocycles. The Balaban J connectivity index is 1.97. The number of aromatic nitrogens is 1. The molecular formula is C15H26N2O. The zero-order valence-corrected chi connectivity index (χ0v) is 12.1. The zero-order valence-electron chi connectivity index (χ0n) is 12.1. The van der Waals surface area contributed by atoms with Gasteiger partial charge in [-0.3, -0.25) is 0 Å². The Morgan fingerprint density at radius 3 is 2.78 bits per heavy atom. The maximum Gasteiger partial charge on any atom is 0.138 e. The average molecular weight is 250 g/mol. The van der Waals surface area contributed by atoms with Crippen molar-refractivity contribution in [2.45, 2.75) is 71.9 Å². The molecule has 18 heavy (non-hydrogen) atoms. The van der Waals surface area contributed by atoms with Crippen molar-refractivity contribution in [1.29, 1.82) is 0 Å². The van der Waals surface area contributed by atoms with E-state index in [0.717, 1.165) is 17.4 Å². The third kappa shape index (κ3) is 2.94. The number of rotatable bonds is 4. The number of nitrogens with zero attached hydrogens (tertiary/aromatic N) is 1. The molecule has 0 bridgehead atoms. The molecule has 0 radical (unpaired) electrons. The van der Waals surface area contributed by atoms with Gasteiger partial charge in [0.2, 0.25) is 0 Å². The molecule has 3 unspecified atom stereocenters. The van der Waals surface area contributed by atoms with Crippen LogP contribution in [0.5, 0.6) is 0 Å². The van der Waals surface area contributed by atoms with Gasteiger partial charge in [0.15, 0.2) is 0 Å². The third-order valence-corrected chi connectivity index (χ3v) is 4.37. The van der Waals surface area contributed by atoms with Gasteiger partial charge in [0, 0.05) is 17.6 Å². The fraction of sp³-hybridized carbons (Fsp3) is 0.800. The van der Waals surface area contributed by atoms with Gasteiger partial charge in [-0.2, -0.15) is 0 Å². The van der Waals surface area contributed by atoms with Crippen LogP contribution in [0.25, 0.3) is 0 Å². The van der Waals surface area contributed by atoms with E-state index in [-0.39, 0.29) is 0 Å². The van der Waals surface area contributed by atoms with Crippen molar-refractivity contribution in [3.8, 4) is 0 Å². The van der Waals surface area contributed by atoms with Crippen LogP contribution in [0.3, 0.4) is 0 Å². The summed E-state index contributed by atoms with van der Waals surface area (Å²) in [5, 5.41) is 7.81. The highest BCUT2D eigenvalue weighted by molar-refractivity contribution is 5.24. The smallest absolute Gasteiger partial charge is 0.138 e. The van der Waals surface area contributed by atoms with Crippen molar-refractivity contribution in [3.05, 3.63) is 17.0 Å². The maximum atomic E-state index is 5.26. The van der Waals surface area contributed by atoms with Gasteiger partial charge in [0.25, 0.3) is 0 Å². The summed E-state index contributed by atoms with van der Waals surface area (Å²) in [6.45, 7) is 8.57. The highest BCUT2D eigenvalue weighted by atomic mass is 16.5. The van der Waals surface area contributed by atoms with Gasteiger partial charge in [-0.15, -0.1) is 0 Å². The Labute approximate surface area is 110 Å². The average Bonchev–Trinajstić information content (AvgIpc) is 2.69. The predicted molar refractivity (Wildman–Crippen MR) is 73.6 cm³/mol. The molecule has 0 spiro atoms. The van der Waals surface area contributed by atoms with Crippen molar-refractivity contribution < 1.29 is 4.52 Å². The van der Waals surface area contributed by atoms with Gasteiger partial charge < -0.3 is 9.84 Å². The van der Waals surface area contributed by atoms with Crippen molar-refractivity contribution in [2.75, 3.05) is 0 Å². The molecule has 1 fully saturated rings. The standard InChI is InChI=1S/C15H26N2O/c1-5-13-7-6-8-14(9-13)16-10(2)15-11(3)17-18-12(15)4/h10,13-14,16H,5-9H2,1-4H3. The summed E-state index contributed by atoms with van der Waals surface area (Å²) in [7, 11) is 0. The molecule has 102 valence electrons. The first-order valence-corrected chi connectivity index (χ1v) is 7.30. The minimum absolute atomic E-state index is 0.344. The molecule has 1 aliphatic carbocycles. The molecule has 1 heterocycles. The molecule has 0 amide bonds. The van der Waals surface area contributed by atoms with Crippen LogP contribution in [0.4, 0.5) is 0 Å². The second-order valence-corrected chi connectivity index (χ2v) is 5.76. The predicted octanol–water partition coefficient (Wildman–Crippen LogP) is 3.91. The quantitative estimate of drug-likeness (QED) is 0.880. The first-order chi connectivity index (χ1) is 8.61. The van der Waals surface area contributed by atoms with Gasteiger partial charge in [0.05, 0.1) is 5.69 Å². The Morgan fingerprint density at radius 1 is 1.39 bits per heavy atom. The van der Waals surface area contributed by atoms with E-state index in [1.165, 1.54) is 37.7 Å². The van der Waals surface area contributed by atoms with E-state index in [4.69, 9.17) is 4.52 Å². The lowest BCUT2D eigenvalue weighted by Gasteiger charge is -2.31. The lowest BCUT2D eigenvalue weighted by atomic mass is 9.84. The van der Waals surface area contributed by atoms with Gasteiger partial charge in [0.1, 0.15) is 5.76 Å². The van der Waals surface area contributed by atoms with Crippen LogP contribution < -0.4 is 5.32 Å². The van der Waals surface area contributed by atoms with E-state index in [1.54, 1.807) is 0 Å². The van der Waals surface area contributed by atoms with Crippen molar-refractivity contribution in [2.24, 2.45) is 5.92 Å². The highest BCUT2D eigenvalue weighted by Gasteiger charge is 2.24. The second kappa shape index (κ2) is 5.87. The van der Waals surface area contributed by atoms with E-state index in [9.17, 15) is 0 Å². The molecule has 0 aromatic carbocycles. The van der Waals surface area contributed by atoms with Crippen LogP contribution in [0.2, 0.25) is 0 Å². The number of aryl methyl sites for hydroxylation is 2. The molecular weight excluding hydrogens is 224 g/mol. The van der Waals surface area contributed by atoms with Crippen molar-refractivity contribution >= 4 is 0 Å². The first kappa shape index (κ1) is 13.6. The summed E-state index contributed by atoms with van der Waals surface area (Å²) < 4.78 is 5.26. The van der Waals surface area contributed by atoms with Crippen molar-refractivity contribution in [3.63, 3.8) is 0 Å². The van der Waals surface area contributed by atoms with Gasteiger partial charge >= 0.3 is 0 Å². The summed E-state index contributed by atoms with van der Waals surface area (Å²) in [6, 6.07) is 1.00. The second-order valence-electron chi connectivity index (χ2n) is 5.76. The molecule has 3 atom stereocenters. The van der Waals surface area contributed by atoms with Crippen LogP contribution in [-0.4, -0.2) is 11.2 Å². The number of hydrogen-bond acceptors (Lipinski definition) is 3. The first-order valence-electron chi connectivity index (χ1n) is 7.30. The molecule has 1 N–H and O–H groups in total. The molecule has 3 nitrogen and oxygen atoms in total. The topological polar surface area (TPSA) is 38.1 Å². The largest absolute Gasteiger partial charge is 0.361 e. The monoisotopic (exact) mass is 250 g/mol. The van der Waals surface area contributed by atoms with E-state index in [1.807, 2.05) is 13.8 Å². The lowest BCUT2D eigenvalue weighted by molar-refractivity contribution is 0.265. The van der Waals surface area contributed by atoms with E-state index in [0.29, 0.717) is 12.1 Å². The lowest BCUT2D eigenvalue weighted by Crippen LogP contribution is -2.36. The summed E-state index contributed by atoms with van der Waals surface area (Å²) >= 11 is 0. The molecule has 1 aromatic rings. The minimum Gasteiger partial charge on any atom is -0.361 e. The number of hydrogen-bond donors (Lipinski definition) is 1. The Bertz CT molecular complexity index is 366. The van der Waals surface area contributed by atoms with Crippen LogP contribution in [-0.2, 0) is 0 Å². The number of nitrogens with one attached hydrogen (secondary N) is 1. The third-order valence-electron chi connectivity index (χ3n) is 4.37. The summed E-state index contributed by atoms with van der Waals surface area (Å²) in [4.78, 5) is 0. The summed E-state index contributed by atoms with van der Waals surface area (Å²) in [6.07, 6.45) is 6.73. The Morgan fingerprint density at radius 2 is 2.17 bits per heavy atom. The maximum absolute atomic E-state index is 5.26. The van der Waals surface area contributed by atoms with E-state index in [2.05, 4.69) is 24.3 Å². The van der Waals surface area contributed by atoms with Crippen LogP contribution in [0, 0.1) is 19.8 Å². The Hall–Kier alpha value is -0.830.